The molecule has 0 aliphatic carbocycles. The highest BCUT2D eigenvalue weighted by Gasteiger charge is 2.26. The number of nitrogens with zero attached hydrogens (tertiary/aromatic N) is 4. The SMILES string of the molecule is Cc1cc(CNC(=O)n2c3c(c4ccc(C#N)cc42)CN(CC=Cc2ccc(Cl)c(F)c2)CC3)cc(C)n1. The van der Waals surface area contributed by atoms with Crippen molar-refractivity contribution in [2.24, 2.45) is 0 Å². The van der Waals surface area contributed by atoms with Crippen LogP contribution in [0, 0.1) is 31.0 Å². The summed E-state index contributed by atoms with van der Waals surface area (Å²) in [5, 5.41) is 13.6. The molecule has 0 unspecified atom stereocenters. The predicted octanol–water partition coefficient (Wildman–Crippen LogP) is 6.15. The Balaban J connectivity index is 1.39. The Kier molecular flexibility index (Phi) is 7.28. The Labute approximate surface area is 226 Å². The first-order chi connectivity index (χ1) is 18.3. The number of aromatic nitrogens is 2. The van der Waals surface area contributed by atoms with Gasteiger partial charge in [-0.3, -0.25) is 14.5 Å². The van der Waals surface area contributed by atoms with Gasteiger partial charge in [0.1, 0.15) is 5.82 Å². The van der Waals surface area contributed by atoms with Crippen LogP contribution in [-0.4, -0.2) is 33.6 Å². The maximum Gasteiger partial charge on any atom is 0.326 e. The predicted molar refractivity (Wildman–Crippen MR) is 147 cm³/mol. The van der Waals surface area contributed by atoms with Crippen molar-refractivity contribution in [1.82, 2.24) is 19.8 Å². The van der Waals surface area contributed by atoms with E-state index < -0.39 is 5.82 Å². The molecule has 0 atom stereocenters. The monoisotopic (exact) mass is 527 g/mol. The van der Waals surface area contributed by atoms with E-state index in [4.69, 9.17) is 11.6 Å². The number of rotatable bonds is 5. The van der Waals surface area contributed by atoms with Crippen LogP contribution < -0.4 is 5.32 Å². The topological polar surface area (TPSA) is 74.0 Å². The van der Waals surface area contributed by atoms with Gasteiger partial charge < -0.3 is 5.32 Å². The molecule has 4 aromatic rings. The molecule has 6 nitrogen and oxygen atoms in total. The third-order valence-corrected chi connectivity index (χ3v) is 7.07. The molecule has 2 aromatic heterocycles. The lowest BCUT2D eigenvalue weighted by Crippen LogP contribution is -2.34. The molecule has 8 heteroatoms. The molecule has 0 saturated carbocycles. The molecule has 0 spiro atoms. The molecule has 0 saturated heterocycles. The van der Waals surface area contributed by atoms with E-state index in [2.05, 4.69) is 21.3 Å². The lowest BCUT2D eigenvalue weighted by atomic mass is 10.0. The minimum Gasteiger partial charge on any atom is -0.333 e. The fraction of sp³-hybridized carbons (Fsp3) is 0.233. The Morgan fingerprint density at radius 2 is 1.97 bits per heavy atom. The number of nitrogens with one attached hydrogen (secondary N) is 1. The first-order valence-corrected chi connectivity index (χ1v) is 12.8. The highest BCUT2D eigenvalue weighted by Crippen LogP contribution is 2.31. The van der Waals surface area contributed by atoms with Crippen LogP contribution in [0.5, 0.6) is 0 Å². The molecule has 0 bridgehead atoms. The van der Waals surface area contributed by atoms with Gasteiger partial charge in [0, 0.05) is 55.1 Å². The van der Waals surface area contributed by atoms with E-state index >= 15 is 0 Å². The van der Waals surface area contributed by atoms with E-state index in [1.54, 1.807) is 28.8 Å². The van der Waals surface area contributed by atoms with Crippen LogP contribution in [0.25, 0.3) is 17.0 Å². The van der Waals surface area contributed by atoms with Crippen LogP contribution in [0.4, 0.5) is 9.18 Å². The molecule has 1 amide bonds. The zero-order valence-electron chi connectivity index (χ0n) is 21.3. The van der Waals surface area contributed by atoms with Crippen molar-refractivity contribution >= 4 is 34.6 Å². The summed E-state index contributed by atoms with van der Waals surface area (Å²) >= 11 is 5.78. The van der Waals surface area contributed by atoms with Crippen molar-refractivity contribution in [3.05, 3.63) is 105 Å². The van der Waals surface area contributed by atoms with Crippen LogP contribution in [0.1, 0.15) is 39.3 Å². The van der Waals surface area contributed by atoms with Gasteiger partial charge in [0.15, 0.2) is 0 Å². The number of nitriles is 1. The Morgan fingerprint density at radius 1 is 1.18 bits per heavy atom. The average molecular weight is 528 g/mol. The van der Waals surface area contributed by atoms with Crippen LogP contribution in [0.15, 0.2) is 54.6 Å². The van der Waals surface area contributed by atoms with E-state index in [1.807, 2.05) is 44.2 Å². The van der Waals surface area contributed by atoms with Crippen LogP contribution in [0.3, 0.4) is 0 Å². The van der Waals surface area contributed by atoms with Gasteiger partial charge in [-0.1, -0.05) is 35.9 Å². The molecular weight excluding hydrogens is 501 g/mol. The second kappa shape index (κ2) is 10.8. The second-order valence-corrected chi connectivity index (χ2v) is 9.99. The third-order valence-electron chi connectivity index (χ3n) is 6.76. The maximum absolute atomic E-state index is 13.7. The van der Waals surface area contributed by atoms with E-state index in [9.17, 15) is 14.4 Å². The number of hydrogen-bond acceptors (Lipinski definition) is 4. The van der Waals surface area contributed by atoms with Gasteiger partial charge in [-0.25, -0.2) is 9.18 Å². The largest absolute Gasteiger partial charge is 0.333 e. The normalized spacial score (nSPS) is 13.6. The summed E-state index contributed by atoms with van der Waals surface area (Å²) in [4.78, 5) is 20.2. The second-order valence-electron chi connectivity index (χ2n) is 9.58. The van der Waals surface area contributed by atoms with Crippen molar-refractivity contribution in [3.63, 3.8) is 0 Å². The van der Waals surface area contributed by atoms with Crippen molar-refractivity contribution in [1.29, 1.82) is 5.26 Å². The summed E-state index contributed by atoms with van der Waals surface area (Å²) < 4.78 is 15.5. The third kappa shape index (κ3) is 5.33. The molecule has 1 N–H and O–H groups in total. The Bertz CT molecular complexity index is 1600. The summed E-state index contributed by atoms with van der Waals surface area (Å²) in [6.45, 7) is 6.37. The van der Waals surface area contributed by atoms with Gasteiger partial charge in [0.05, 0.1) is 22.2 Å². The fourth-order valence-corrected chi connectivity index (χ4v) is 5.22. The number of carbonyl (C=O) groups excluding carboxylic acids is 1. The summed E-state index contributed by atoms with van der Waals surface area (Å²) in [6, 6.07) is 16.2. The molecular formula is C30H27ClFN5O. The molecule has 5 rings (SSSR count). The van der Waals surface area contributed by atoms with E-state index in [1.165, 1.54) is 6.07 Å². The summed E-state index contributed by atoms with van der Waals surface area (Å²) in [5.74, 6) is -0.437. The minimum atomic E-state index is -0.437. The standard InChI is InChI=1S/C30H27ClFN5O/c1-19-12-23(13-20(2)35-19)17-34-30(38)37-28-9-11-36(10-3-4-21-6-8-26(31)27(32)14-21)18-25(28)24-7-5-22(16-33)15-29(24)37/h3-8,12-15H,9-11,17-18H2,1-2H3,(H,34,38). The summed E-state index contributed by atoms with van der Waals surface area (Å²) in [5.41, 5.74) is 6.87. The van der Waals surface area contributed by atoms with Crippen molar-refractivity contribution in [2.75, 3.05) is 13.1 Å². The van der Waals surface area contributed by atoms with Crippen molar-refractivity contribution < 1.29 is 9.18 Å². The molecule has 1 aliphatic heterocycles. The van der Waals surface area contributed by atoms with Gasteiger partial charge in [-0.15, -0.1) is 0 Å². The summed E-state index contributed by atoms with van der Waals surface area (Å²) in [6.07, 6.45) is 4.58. The van der Waals surface area contributed by atoms with Gasteiger partial charge >= 0.3 is 6.03 Å². The first kappa shape index (κ1) is 25.7. The van der Waals surface area contributed by atoms with Gasteiger partial charge in [-0.2, -0.15) is 5.26 Å². The van der Waals surface area contributed by atoms with Gasteiger partial charge in [0.25, 0.3) is 0 Å². The van der Waals surface area contributed by atoms with Gasteiger partial charge in [0.2, 0.25) is 0 Å². The molecule has 38 heavy (non-hydrogen) atoms. The highest BCUT2D eigenvalue weighted by molar-refractivity contribution is 6.30. The fourth-order valence-electron chi connectivity index (χ4n) is 5.10. The number of benzene rings is 2. The maximum atomic E-state index is 13.7. The van der Waals surface area contributed by atoms with E-state index in [0.717, 1.165) is 51.2 Å². The number of hydrogen-bond donors (Lipinski definition) is 1. The highest BCUT2D eigenvalue weighted by atomic mass is 35.5. The number of fused-ring (bicyclic) bond motifs is 3. The minimum absolute atomic E-state index is 0.108. The Hall–Kier alpha value is -3.99. The zero-order valence-corrected chi connectivity index (χ0v) is 22.0. The van der Waals surface area contributed by atoms with Crippen molar-refractivity contribution in [2.45, 2.75) is 33.4 Å². The number of amides is 1. The molecule has 192 valence electrons. The zero-order chi connectivity index (χ0) is 26.8. The quantitative estimate of drug-likeness (QED) is 0.338. The summed E-state index contributed by atoms with van der Waals surface area (Å²) in [7, 11) is 0. The number of carbonyl (C=O) groups is 1. The average Bonchev–Trinajstić information content (AvgIpc) is 3.21. The van der Waals surface area contributed by atoms with Crippen LogP contribution in [-0.2, 0) is 19.5 Å². The van der Waals surface area contributed by atoms with Crippen molar-refractivity contribution in [3.8, 4) is 6.07 Å². The number of pyridine rings is 1. The first-order valence-electron chi connectivity index (χ1n) is 12.4. The lowest BCUT2D eigenvalue weighted by Gasteiger charge is -2.27. The smallest absolute Gasteiger partial charge is 0.326 e. The van der Waals surface area contributed by atoms with E-state index in [-0.39, 0.29) is 11.1 Å². The van der Waals surface area contributed by atoms with Gasteiger partial charge in [-0.05, 0) is 66.9 Å². The molecule has 0 radical (unpaired) electrons. The van der Waals surface area contributed by atoms with E-state index in [0.29, 0.717) is 31.6 Å². The van der Waals surface area contributed by atoms with Crippen LogP contribution in [0.2, 0.25) is 5.02 Å². The lowest BCUT2D eigenvalue weighted by molar-refractivity contribution is 0.240. The molecule has 1 aliphatic rings. The molecule has 2 aromatic carbocycles. The van der Waals surface area contributed by atoms with Crippen LogP contribution >= 0.6 is 11.6 Å². The molecule has 3 heterocycles. The molecule has 0 fully saturated rings. The Morgan fingerprint density at radius 3 is 2.71 bits per heavy atom. The number of aryl methyl sites for hydroxylation is 2. The number of halogens is 2.